The van der Waals surface area contributed by atoms with E-state index in [-0.39, 0.29) is 5.82 Å². The standard InChI is InChI=1S/C20H14FN3O/c21-15-9-10-19-23-18(12-24(19)11-15)14-7-5-13(6-8-14)16-3-1-2-4-17(16)20(22)25/h1-12H,(H2,22,25). The number of primary amides is 1. The molecule has 0 radical (unpaired) electrons. The van der Waals surface area contributed by atoms with E-state index in [9.17, 15) is 9.18 Å². The Hall–Kier alpha value is -3.47. The van der Waals surface area contributed by atoms with E-state index in [1.165, 1.54) is 12.3 Å². The number of rotatable bonds is 3. The maximum absolute atomic E-state index is 13.3. The van der Waals surface area contributed by atoms with Crippen LogP contribution in [0.25, 0.3) is 28.0 Å². The Kier molecular flexibility index (Phi) is 3.54. The molecular weight excluding hydrogens is 317 g/mol. The minimum Gasteiger partial charge on any atom is -0.366 e. The molecule has 4 nitrogen and oxygen atoms in total. The van der Waals surface area contributed by atoms with E-state index >= 15 is 0 Å². The van der Waals surface area contributed by atoms with E-state index in [2.05, 4.69) is 4.98 Å². The zero-order chi connectivity index (χ0) is 17.4. The maximum Gasteiger partial charge on any atom is 0.249 e. The van der Waals surface area contributed by atoms with Crippen molar-refractivity contribution in [2.75, 3.05) is 0 Å². The first-order chi connectivity index (χ1) is 12.1. The second-order valence-corrected chi connectivity index (χ2v) is 5.73. The summed E-state index contributed by atoms with van der Waals surface area (Å²) in [6, 6.07) is 17.9. The molecule has 2 heterocycles. The highest BCUT2D eigenvalue weighted by atomic mass is 19.1. The number of imidazole rings is 1. The number of halogens is 1. The van der Waals surface area contributed by atoms with Crippen LogP contribution >= 0.6 is 0 Å². The van der Waals surface area contributed by atoms with Gasteiger partial charge in [0.05, 0.1) is 5.69 Å². The normalized spacial score (nSPS) is 10.9. The largest absolute Gasteiger partial charge is 0.366 e. The molecule has 0 saturated heterocycles. The lowest BCUT2D eigenvalue weighted by molar-refractivity contribution is 0.100. The Morgan fingerprint density at radius 1 is 0.920 bits per heavy atom. The molecule has 2 aromatic heterocycles. The Morgan fingerprint density at radius 2 is 1.64 bits per heavy atom. The zero-order valence-electron chi connectivity index (χ0n) is 13.2. The average molecular weight is 331 g/mol. The van der Waals surface area contributed by atoms with Crippen LogP contribution < -0.4 is 5.73 Å². The molecule has 1 amide bonds. The Morgan fingerprint density at radius 3 is 2.40 bits per heavy atom. The number of aromatic nitrogens is 2. The van der Waals surface area contributed by atoms with Gasteiger partial charge in [-0.15, -0.1) is 0 Å². The molecule has 0 saturated carbocycles. The number of carbonyl (C=O) groups excluding carboxylic acids is 1. The summed E-state index contributed by atoms with van der Waals surface area (Å²) in [6.07, 6.45) is 3.17. The molecule has 0 spiro atoms. The van der Waals surface area contributed by atoms with Gasteiger partial charge in [-0.2, -0.15) is 0 Å². The summed E-state index contributed by atoms with van der Waals surface area (Å²) in [4.78, 5) is 16.1. The zero-order valence-corrected chi connectivity index (χ0v) is 13.2. The van der Waals surface area contributed by atoms with Gasteiger partial charge in [0.25, 0.3) is 0 Å². The van der Waals surface area contributed by atoms with E-state index in [1.54, 1.807) is 28.8 Å². The van der Waals surface area contributed by atoms with Gasteiger partial charge in [0.15, 0.2) is 0 Å². The summed E-state index contributed by atoms with van der Waals surface area (Å²) in [5.74, 6) is -0.767. The Balaban J connectivity index is 1.73. The molecule has 2 aromatic carbocycles. The van der Waals surface area contributed by atoms with Crippen LogP contribution in [-0.4, -0.2) is 15.3 Å². The summed E-state index contributed by atoms with van der Waals surface area (Å²) >= 11 is 0. The summed E-state index contributed by atoms with van der Waals surface area (Å²) in [5, 5.41) is 0. The number of carbonyl (C=O) groups is 1. The van der Waals surface area contributed by atoms with Gasteiger partial charge in [-0.25, -0.2) is 9.37 Å². The quantitative estimate of drug-likeness (QED) is 0.619. The van der Waals surface area contributed by atoms with Gasteiger partial charge < -0.3 is 10.1 Å². The lowest BCUT2D eigenvalue weighted by Crippen LogP contribution is -2.12. The number of amides is 1. The highest BCUT2D eigenvalue weighted by Crippen LogP contribution is 2.27. The number of benzene rings is 2. The molecule has 122 valence electrons. The van der Waals surface area contributed by atoms with Crippen LogP contribution in [-0.2, 0) is 0 Å². The maximum atomic E-state index is 13.3. The van der Waals surface area contributed by atoms with Gasteiger partial charge in [0.2, 0.25) is 5.91 Å². The van der Waals surface area contributed by atoms with Crippen molar-refractivity contribution in [3.63, 3.8) is 0 Å². The first-order valence-electron chi connectivity index (χ1n) is 7.76. The van der Waals surface area contributed by atoms with E-state index in [4.69, 9.17) is 5.73 Å². The molecule has 0 aliphatic rings. The number of hydrogen-bond donors (Lipinski definition) is 1. The summed E-state index contributed by atoms with van der Waals surface area (Å²) in [6.45, 7) is 0. The lowest BCUT2D eigenvalue weighted by Gasteiger charge is -2.07. The molecule has 0 fully saturated rings. The first kappa shape index (κ1) is 15.1. The number of hydrogen-bond acceptors (Lipinski definition) is 2. The van der Waals surface area contributed by atoms with Crippen LogP contribution in [0, 0.1) is 5.82 Å². The minimum atomic E-state index is -0.456. The SMILES string of the molecule is NC(=O)c1ccccc1-c1ccc(-c2cn3cc(F)ccc3n2)cc1. The molecule has 0 unspecified atom stereocenters. The molecule has 4 rings (SSSR count). The highest BCUT2D eigenvalue weighted by Gasteiger charge is 2.10. The van der Waals surface area contributed by atoms with Gasteiger partial charge in [-0.1, -0.05) is 42.5 Å². The van der Waals surface area contributed by atoms with Crippen molar-refractivity contribution in [3.8, 4) is 22.4 Å². The first-order valence-corrected chi connectivity index (χ1v) is 7.76. The molecule has 0 aliphatic heterocycles. The number of pyridine rings is 1. The third-order valence-corrected chi connectivity index (χ3v) is 4.10. The van der Waals surface area contributed by atoms with Gasteiger partial charge in [0.1, 0.15) is 11.5 Å². The van der Waals surface area contributed by atoms with Crippen molar-refractivity contribution in [1.29, 1.82) is 0 Å². The van der Waals surface area contributed by atoms with Gasteiger partial charge in [-0.3, -0.25) is 4.79 Å². The second kappa shape index (κ2) is 5.87. The van der Waals surface area contributed by atoms with Crippen LogP contribution in [0.2, 0.25) is 0 Å². The predicted octanol–water partition coefficient (Wildman–Crippen LogP) is 3.91. The van der Waals surface area contributed by atoms with Crippen LogP contribution in [0.3, 0.4) is 0 Å². The van der Waals surface area contributed by atoms with Crippen LogP contribution in [0.4, 0.5) is 4.39 Å². The summed E-state index contributed by atoms with van der Waals surface area (Å²) in [5.41, 5.74) is 9.95. The summed E-state index contributed by atoms with van der Waals surface area (Å²) < 4.78 is 15.0. The smallest absolute Gasteiger partial charge is 0.249 e. The van der Waals surface area contributed by atoms with Crippen molar-refractivity contribution in [3.05, 3.63) is 84.4 Å². The third kappa shape index (κ3) is 2.76. The van der Waals surface area contributed by atoms with E-state index in [1.807, 2.05) is 36.4 Å². The lowest BCUT2D eigenvalue weighted by atomic mass is 9.98. The Labute approximate surface area is 143 Å². The molecule has 0 atom stereocenters. The van der Waals surface area contributed by atoms with Crippen LogP contribution in [0.15, 0.2) is 73.1 Å². The molecule has 0 bridgehead atoms. The summed E-state index contributed by atoms with van der Waals surface area (Å²) in [7, 11) is 0. The minimum absolute atomic E-state index is 0.310. The monoisotopic (exact) mass is 331 g/mol. The fourth-order valence-electron chi connectivity index (χ4n) is 2.87. The van der Waals surface area contributed by atoms with E-state index in [0.717, 1.165) is 22.4 Å². The fourth-order valence-corrected chi connectivity index (χ4v) is 2.87. The van der Waals surface area contributed by atoms with Gasteiger partial charge in [0, 0.05) is 23.5 Å². The average Bonchev–Trinajstić information content (AvgIpc) is 3.05. The van der Waals surface area contributed by atoms with Crippen LogP contribution in [0.1, 0.15) is 10.4 Å². The van der Waals surface area contributed by atoms with Crippen molar-refractivity contribution in [2.24, 2.45) is 5.73 Å². The van der Waals surface area contributed by atoms with Gasteiger partial charge in [-0.05, 0) is 29.3 Å². The van der Waals surface area contributed by atoms with Crippen molar-refractivity contribution in [2.45, 2.75) is 0 Å². The van der Waals surface area contributed by atoms with Crippen molar-refractivity contribution in [1.82, 2.24) is 9.38 Å². The van der Waals surface area contributed by atoms with Crippen LogP contribution in [0.5, 0.6) is 0 Å². The predicted molar refractivity (Wildman–Crippen MR) is 94.5 cm³/mol. The van der Waals surface area contributed by atoms with Crippen molar-refractivity contribution >= 4 is 11.6 Å². The molecular formula is C20H14FN3O. The molecule has 5 heteroatoms. The number of nitrogens with two attached hydrogens (primary N) is 1. The molecule has 2 N–H and O–H groups in total. The van der Waals surface area contributed by atoms with E-state index < -0.39 is 5.91 Å². The molecule has 4 aromatic rings. The number of nitrogens with zero attached hydrogens (tertiary/aromatic N) is 2. The fraction of sp³-hybridized carbons (Fsp3) is 0. The molecule has 0 aliphatic carbocycles. The Bertz CT molecular complexity index is 1080. The highest BCUT2D eigenvalue weighted by molar-refractivity contribution is 5.99. The molecule has 25 heavy (non-hydrogen) atoms. The third-order valence-electron chi connectivity index (χ3n) is 4.10. The van der Waals surface area contributed by atoms with Gasteiger partial charge >= 0.3 is 0 Å². The topological polar surface area (TPSA) is 60.4 Å². The number of fused-ring (bicyclic) bond motifs is 1. The second-order valence-electron chi connectivity index (χ2n) is 5.73. The van der Waals surface area contributed by atoms with E-state index in [0.29, 0.717) is 11.2 Å². The van der Waals surface area contributed by atoms with Crippen molar-refractivity contribution < 1.29 is 9.18 Å².